The summed E-state index contributed by atoms with van der Waals surface area (Å²) in [7, 11) is 0. The fourth-order valence-corrected chi connectivity index (χ4v) is 3.43. The smallest absolute Gasteiger partial charge is 0.293 e. The van der Waals surface area contributed by atoms with Gasteiger partial charge in [-0.1, -0.05) is 25.5 Å². The number of anilines is 1. The van der Waals surface area contributed by atoms with Gasteiger partial charge in [0, 0.05) is 13.0 Å². The summed E-state index contributed by atoms with van der Waals surface area (Å²) < 4.78 is 0. The van der Waals surface area contributed by atoms with Crippen molar-refractivity contribution < 1.29 is 19.5 Å². The van der Waals surface area contributed by atoms with Gasteiger partial charge < -0.3 is 10.4 Å². The summed E-state index contributed by atoms with van der Waals surface area (Å²) in [5.74, 6) is -0.718. The molecule has 0 bridgehead atoms. The summed E-state index contributed by atoms with van der Waals surface area (Å²) in [4.78, 5) is 37.4. The Balaban J connectivity index is 2.01. The maximum absolute atomic E-state index is 12.4. The lowest BCUT2D eigenvalue weighted by Crippen LogP contribution is -2.35. The van der Waals surface area contributed by atoms with Crippen molar-refractivity contribution in [1.82, 2.24) is 5.32 Å². The van der Waals surface area contributed by atoms with E-state index in [4.69, 9.17) is 5.11 Å². The second kappa shape index (κ2) is 8.84. The Morgan fingerprint density at radius 3 is 2.62 bits per heavy atom. The Morgan fingerprint density at radius 1 is 1.29 bits per heavy atom. The fourth-order valence-electron chi connectivity index (χ4n) is 2.45. The maximum Gasteiger partial charge on any atom is 0.293 e. The van der Waals surface area contributed by atoms with E-state index >= 15 is 0 Å². The average Bonchev–Trinajstić information content (AvgIpc) is 2.85. The first-order chi connectivity index (χ1) is 11.6. The number of aryl methyl sites for hydroxylation is 1. The molecule has 2 N–H and O–H groups in total. The zero-order valence-corrected chi connectivity index (χ0v) is 14.5. The molecule has 1 heterocycles. The molecule has 0 saturated carbocycles. The van der Waals surface area contributed by atoms with Crippen LogP contribution in [-0.2, 0) is 16.0 Å². The first kappa shape index (κ1) is 18.5. The number of imide groups is 1. The van der Waals surface area contributed by atoms with E-state index in [2.05, 4.69) is 12.2 Å². The molecule has 0 aromatic heterocycles. The molecule has 1 unspecified atom stereocenters. The van der Waals surface area contributed by atoms with Crippen molar-refractivity contribution in [3.8, 4) is 0 Å². The molecule has 1 fully saturated rings. The van der Waals surface area contributed by atoms with Gasteiger partial charge in [-0.25, -0.2) is 4.90 Å². The van der Waals surface area contributed by atoms with E-state index < -0.39 is 5.25 Å². The van der Waals surface area contributed by atoms with Gasteiger partial charge in [-0.2, -0.15) is 0 Å². The van der Waals surface area contributed by atoms with Crippen LogP contribution < -0.4 is 10.2 Å². The lowest BCUT2D eigenvalue weighted by atomic mass is 10.1. The highest BCUT2D eigenvalue weighted by molar-refractivity contribution is 8.15. The van der Waals surface area contributed by atoms with E-state index in [-0.39, 0.29) is 36.6 Å². The van der Waals surface area contributed by atoms with Crippen molar-refractivity contribution in [2.75, 3.05) is 18.1 Å². The molecule has 6 nitrogen and oxygen atoms in total. The minimum Gasteiger partial charge on any atom is -0.395 e. The summed E-state index contributed by atoms with van der Waals surface area (Å²) in [6.07, 6.45) is 3.12. The summed E-state index contributed by atoms with van der Waals surface area (Å²) in [6.45, 7) is 2.11. The van der Waals surface area contributed by atoms with Crippen molar-refractivity contribution in [2.24, 2.45) is 0 Å². The second-order valence-corrected chi connectivity index (χ2v) is 6.75. The summed E-state index contributed by atoms with van der Waals surface area (Å²) in [5, 5.41) is 10.1. The third-order valence-corrected chi connectivity index (χ3v) is 4.78. The van der Waals surface area contributed by atoms with Crippen molar-refractivity contribution in [1.29, 1.82) is 0 Å². The van der Waals surface area contributed by atoms with Crippen LogP contribution in [0.1, 0.15) is 31.7 Å². The fraction of sp³-hybridized carbons (Fsp3) is 0.471. The Morgan fingerprint density at radius 2 is 2.00 bits per heavy atom. The minimum absolute atomic E-state index is 0.0691. The van der Waals surface area contributed by atoms with Gasteiger partial charge in [0.15, 0.2) is 0 Å². The van der Waals surface area contributed by atoms with Gasteiger partial charge in [0.05, 0.1) is 12.3 Å². The van der Waals surface area contributed by atoms with Crippen LogP contribution in [0.2, 0.25) is 0 Å². The van der Waals surface area contributed by atoms with Crippen LogP contribution in [0.4, 0.5) is 10.5 Å². The maximum atomic E-state index is 12.4. The standard InChI is InChI=1S/C17H22N2O4S/c1-2-3-4-12-5-7-13(8-6-12)19-16(22)14(24-17(19)23)11-15(21)18-9-10-20/h5-8,14,20H,2-4,9-11H2,1H3,(H,18,21). The topological polar surface area (TPSA) is 86.7 Å². The van der Waals surface area contributed by atoms with E-state index in [1.54, 1.807) is 12.1 Å². The van der Waals surface area contributed by atoms with Crippen molar-refractivity contribution in [2.45, 2.75) is 37.9 Å². The van der Waals surface area contributed by atoms with Crippen LogP contribution in [0.3, 0.4) is 0 Å². The Kier molecular flexibility index (Phi) is 6.81. The van der Waals surface area contributed by atoms with Crippen LogP contribution in [0, 0.1) is 0 Å². The lowest BCUT2D eigenvalue weighted by Gasteiger charge is -2.14. The Hall–Kier alpha value is -1.86. The molecule has 130 valence electrons. The molecule has 1 saturated heterocycles. The van der Waals surface area contributed by atoms with Crippen molar-refractivity contribution >= 4 is 34.5 Å². The molecule has 1 aromatic carbocycles. The van der Waals surface area contributed by atoms with E-state index in [0.717, 1.165) is 35.9 Å². The van der Waals surface area contributed by atoms with Crippen LogP contribution in [0.25, 0.3) is 0 Å². The zero-order chi connectivity index (χ0) is 17.5. The number of aliphatic hydroxyl groups is 1. The van der Waals surface area contributed by atoms with Gasteiger partial charge in [0.2, 0.25) is 11.8 Å². The van der Waals surface area contributed by atoms with E-state index in [9.17, 15) is 14.4 Å². The number of carbonyl (C=O) groups is 3. The minimum atomic E-state index is -0.712. The van der Waals surface area contributed by atoms with Gasteiger partial charge in [-0.3, -0.25) is 14.4 Å². The Labute approximate surface area is 145 Å². The molecule has 24 heavy (non-hydrogen) atoms. The predicted octanol–water partition coefficient (Wildman–Crippen LogP) is 2.10. The summed E-state index contributed by atoms with van der Waals surface area (Å²) in [6, 6.07) is 7.40. The lowest BCUT2D eigenvalue weighted by molar-refractivity contribution is -0.124. The van der Waals surface area contributed by atoms with Crippen molar-refractivity contribution in [3.05, 3.63) is 29.8 Å². The van der Waals surface area contributed by atoms with E-state index in [0.29, 0.717) is 5.69 Å². The number of amides is 3. The Bertz CT molecular complexity index is 603. The molecule has 0 aliphatic carbocycles. The van der Waals surface area contributed by atoms with Crippen molar-refractivity contribution in [3.63, 3.8) is 0 Å². The molecule has 1 atom stereocenters. The monoisotopic (exact) mass is 350 g/mol. The summed E-state index contributed by atoms with van der Waals surface area (Å²) >= 11 is 0.871. The number of unbranched alkanes of at least 4 members (excludes halogenated alkanes) is 1. The predicted molar refractivity (Wildman–Crippen MR) is 94.0 cm³/mol. The highest BCUT2D eigenvalue weighted by Gasteiger charge is 2.41. The molecule has 1 aliphatic rings. The normalized spacial score (nSPS) is 17.4. The van der Waals surface area contributed by atoms with Crippen LogP contribution in [0.5, 0.6) is 0 Å². The second-order valence-electron chi connectivity index (χ2n) is 5.59. The molecule has 1 aliphatic heterocycles. The summed E-state index contributed by atoms with van der Waals surface area (Å²) in [5.41, 5.74) is 1.71. The van der Waals surface area contributed by atoms with Crippen LogP contribution in [-0.4, -0.2) is 40.6 Å². The van der Waals surface area contributed by atoms with Gasteiger partial charge in [0.1, 0.15) is 5.25 Å². The molecule has 2 rings (SSSR count). The van der Waals surface area contributed by atoms with E-state index in [1.807, 2.05) is 12.1 Å². The SMILES string of the molecule is CCCCc1ccc(N2C(=O)SC(CC(=O)NCCO)C2=O)cc1. The number of thioether (sulfide) groups is 1. The van der Waals surface area contributed by atoms with Gasteiger partial charge >= 0.3 is 0 Å². The molecular formula is C17H22N2O4S. The molecule has 0 radical (unpaired) electrons. The van der Waals surface area contributed by atoms with Gasteiger partial charge in [-0.05, 0) is 42.3 Å². The van der Waals surface area contributed by atoms with Crippen LogP contribution >= 0.6 is 11.8 Å². The largest absolute Gasteiger partial charge is 0.395 e. The highest BCUT2D eigenvalue weighted by atomic mass is 32.2. The zero-order valence-electron chi connectivity index (χ0n) is 13.7. The number of rotatable bonds is 8. The number of hydrogen-bond donors (Lipinski definition) is 2. The molecule has 1 aromatic rings. The average molecular weight is 350 g/mol. The first-order valence-electron chi connectivity index (χ1n) is 8.08. The third-order valence-electron chi connectivity index (χ3n) is 3.74. The quantitative estimate of drug-likeness (QED) is 0.750. The molecule has 7 heteroatoms. The van der Waals surface area contributed by atoms with Crippen LogP contribution in [0.15, 0.2) is 24.3 Å². The number of aliphatic hydroxyl groups excluding tert-OH is 1. The number of hydrogen-bond acceptors (Lipinski definition) is 5. The highest BCUT2D eigenvalue weighted by Crippen LogP contribution is 2.33. The third kappa shape index (κ3) is 4.58. The molecule has 0 spiro atoms. The number of nitrogens with one attached hydrogen (secondary N) is 1. The van der Waals surface area contributed by atoms with Gasteiger partial charge in [0.25, 0.3) is 5.24 Å². The number of benzene rings is 1. The first-order valence-corrected chi connectivity index (χ1v) is 8.95. The number of carbonyl (C=O) groups excluding carboxylic acids is 3. The molecule has 3 amide bonds. The molecular weight excluding hydrogens is 328 g/mol. The van der Waals surface area contributed by atoms with E-state index in [1.165, 1.54) is 5.56 Å². The number of nitrogens with zero attached hydrogens (tertiary/aromatic N) is 1. The van der Waals surface area contributed by atoms with Gasteiger partial charge in [-0.15, -0.1) is 0 Å².